The van der Waals surface area contributed by atoms with Gasteiger partial charge in [-0.05, 0) is 57.3 Å². The van der Waals surface area contributed by atoms with Crippen LogP contribution in [0.1, 0.15) is 51.5 Å². The van der Waals surface area contributed by atoms with Crippen LogP contribution in [0, 0.1) is 6.92 Å². The van der Waals surface area contributed by atoms with Gasteiger partial charge in [0, 0.05) is 25.3 Å². The molecule has 118 valence electrons. The lowest BCUT2D eigenvalue weighted by atomic mass is 9.99. The molecule has 1 aromatic rings. The number of pyridine rings is 1. The molecule has 0 spiro atoms. The maximum atomic E-state index is 4.55. The largest absolute Gasteiger partial charge is 0.356 e. The fourth-order valence-corrected chi connectivity index (χ4v) is 3.53. The van der Waals surface area contributed by atoms with E-state index in [1.54, 1.807) is 0 Å². The van der Waals surface area contributed by atoms with E-state index in [9.17, 15) is 0 Å². The molecule has 21 heavy (non-hydrogen) atoms. The Morgan fingerprint density at radius 2 is 1.67 bits per heavy atom. The van der Waals surface area contributed by atoms with Crippen molar-refractivity contribution in [1.82, 2.24) is 9.88 Å². The minimum absolute atomic E-state index is 0.820. The van der Waals surface area contributed by atoms with Crippen molar-refractivity contribution in [1.29, 1.82) is 0 Å². The highest BCUT2D eigenvalue weighted by molar-refractivity contribution is 5.46. The Morgan fingerprint density at radius 1 is 1.00 bits per heavy atom. The molecule has 0 radical (unpaired) electrons. The van der Waals surface area contributed by atoms with Crippen LogP contribution in [0.3, 0.4) is 0 Å². The average Bonchev–Trinajstić information content (AvgIpc) is 2.58. The van der Waals surface area contributed by atoms with Gasteiger partial charge in [0.1, 0.15) is 5.82 Å². The van der Waals surface area contributed by atoms with E-state index in [1.165, 1.54) is 69.7 Å². The van der Waals surface area contributed by atoms with Gasteiger partial charge in [-0.3, -0.25) is 0 Å². The van der Waals surface area contributed by atoms with Gasteiger partial charge in [0.2, 0.25) is 0 Å². The van der Waals surface area contributed by atoms with E-state index in [2.05, 4.69) is 27.8 Å². The van der Waals surface area contributed by atoms with E-state index >= 15 is 0 Å². The number of piperidine rings is 2. The zero-order chi connectivity index (χ0) is 15.1. The van der Waals surface area contributed by atoms with Gasteiger partial charge in [0.15, 0.2) is 0 Å². The maximum Gasteiger partial charge on any atom is 0.131 e. The SMILES string of the molecule is CC.Cc1cccnc1N1CCC(N2CCCCC2)CC1. The third-order valence-corrected chi connectivity index (χ3v) is 4.65. The number of rotatable bonds is 2. The minimum atomic E-state index is 0.820. The molecule has 0 N–H and O–H groups in total. The van der Waals surface area contributed by atoms with Crippen molar-refractivity contribution in [3.05, 3.63) is 23.9 Å². The van der Waals surface area contributed by atoms with E-state index in [-0.39, 0.29) is 0 Å². The number of anilines is 1. The number of hydrogen-bond acceptors (Lipinski definition) is 3. The third-order valence-electron chi connectivity index (χ3n) is 4.65. The molecule has 3 rings (SSSR count). The van der Waals surface area contributed by atoms with E-state index < -0.39 is 0 Å². The topological polar surface area (TPSA) is 19.4 Å². The molecule has 0 aromatic carbocycles. The molecule has 0 saturated carbocycles. The van der Waals surface area contributed by atoms with Crippen molar-refractivity contribution < 1.29 is 0 Å². The summed E-state index contributed by atoms with van der Waals surface area (Å²) in [5, 5.41) is 0. The molecule has 2 fully saturated rings. The quantitative estimate of drug-likeness (QED) is 0.824. The smallest absolute Gasteiger partial charge is 0.131 e. The van der Waals surface area contributed by atoms with Crippen LogP contribution in [0.15, 0.2) is 18.3 Å². The molecule has 1 aromatic heterocycles. The Labute approximate surface area is 130 Å². The molecule has 0 bridgehead atoms. The summed E-state index contributed by atoms with van der Waals surface area (Å²) in [6.07, 6.45) is 8.76. The number of nitrogens with zero attached hydrogens (tertiary/aromatic N) is 3. The molecule has 3 heterocycles. The predicted molar refractivity (Wildman–Crippen MR) is 91.0 cm³/mol. The zero-order valence-corrected chi connectivity index (χ0v) is 14.0. The molecule has 2 saturated heterocycles. The second-order valence-electron chi connectivity index (χ2n) is 5.96. The summed E-state index contributed by atoms with van der Waals surface area (Å²) < 4.78 is 0. The first-order chi connectivity index (χ1) is 10.3. The van der Waals surface area contributed by atoms with Gasteiger partial charge in [-0.2, -0.15) is 0 Å². The molecule has 2 aliphatic rings. The Morgan fingerprint density at radius 3 is 2.29 bits per heavy atom. The number of hydrogen-bond donors (Lipinski definition) is 0. The molecule has 2 aliphatic heterocycles. The average molecular weight is 289 g/mol. The first-order valence-electron chi connectivity index (χ1n) is 8.75. The second kappa shape index (κ2) is 8.38. The molecular weight excluding hydrogens is 258 g/mol. The molecule has 3 heteroatoms. The van der Waals surface area contributed by atoms with Gasteiger partial charge in [-0.15, -0.1) is 0 Å². The van der Waals surface area contributed by atoms with Gasteiger partial charge in [0.25, 0.3) is 0 Å². The lowest BCUT2D eigenvalue weighted by Gasteiger charge is -2.40. The summed E-state index contributed by atoms with van der Waals surface area (Å²) in [5.74, 6) is 1.19. The summed E-state index contributed by atoms with van der Waals surface area (Å²) in [4.78, 5) is 9.75. The van der Waals surface area contributed by atoms with E-state index in [1.807, 2.05) is 26.1 Å². The minimum Gasteiger partial charge on any atom is -0.356 e. The molecule has 0 amide bonds. The fourth-order valence-electron chi connectivity index (χ4n) is 3.53. The van der Waals surface area contributed by atoms with Crippen molar-refractivity contribution in [3.63, 3.8) is 0 Å². The van der Waals surface area contributed by atoms with Crippen LogP contribution >= 0.6 is 0 Å². The van der Waals surface area contributed by atoms with Gasteiger partial charge in [-0.25, -0.2) is 4.98 Å². The Hall–Kier alpha value is -1.09. The predicted octanol–water partition coefficient (Wildman–Crippen LogP) is 3.87. The standard InChI is InChI=1S/C16H25N3.C2H6/c1-14-6-5-9-17-16(14)19-12-7-15(8-13-19)18-10-3-2-4-11-18;1-2/h5-6,9,15H,2-4,7-8,10-13H2,1H3;1-2H3. The molecular formula is C18H31N3. The highest BCUT2D eigenvalue weighted by Crippen LogP contribution is 2.25. The van der Waals surface area contributed by atoms with E-state index in [4.69, 9.17) is 0 Å². The second-order valence-corrected chi connectivity index (χ2v) is 5.96. The Bertz CT molecular complexity index is 405. The fraction of sp³-hybridized carbons (Fsp3) is 0.722. The van der Waals surface area contributed by atoms with Gasteiger partial charge >= 0.3 is 0 Å². The summed E-state index contributed by atoms with van der Waals surface area (Å²) in [7, 11) is 0. The van der Waals surface area contributed by atoms with Crippen LogP contribution in [0.25, 0.3) is 0 Å². The van der Waals surface area contributed by atoms with Crippen molar-refractivity contribution in [2.24, 2.45) is 0 Å². The third kappa shape index (κ3) is 4.19. The van der Waals surface area contributed by atoms with Crippen LogP contribution in [0.2, 0.25) is 0 Å². The molecule has 0 unspecified atom stereocenters. The number of aryl methyl sites for hydroxylation is 1. The van der Waals surface area contributed by atoms with Gasteiger partial charge in [-0.1, -0.05) is 26.3 Å². The van der Waals surface area contributed by atoms with Crippen molar-refractivity contribution >= 4 is 5.82 Å². The van der Waals surface area contributed by atoms with Crippen molar-refractivity contribution in [3.8, 4) is 0 Å². The highest BCUT2D eigenvalue weighted by Gasteiger charge is 2.26. The van der Waals surface area contributed by atoms with Crippen LogP contribution in [0.4, 0.5) is 5.82 Å². The van der Waals surface area contributed by atoms with Gasteiger partial charge in [0.05, 0.1) is 0 Å². The van der Waals surface area contributed by atoms with Crippen LogP contribution in [0.5, 0.6) is 0 Å². The lowest BCUT2D eigenvalue weighted by Crippen LogP contribution is -2.47. The summed E-state index contributed by atoms with van der Waals surface area (Å²) >= 11 is 0. The van der Waals surface area contributed by atoms with Crippen LogP contribution in [-0.4, -0.2) is 42.1 Å². The number of aromatic nitrogens is 1. The van der Waals surface area contributed by atoms with E-state index in [0.717, 1.165) is 6.04 Å². The van der Waals surface area contributed by atoms with Gasteiger partial charge < -0.3 is 9.80 Å². The highest BCUT2D eigenvalue weighted by atomic mass is 15.2. The normalized spacial score (nSPS) is 20.8. The summed E-state index contributed by atoms with van der Waals surface area (Å²) in [5.41, 5.74) is 1.30. The first kappa shape index (κ1) is 16.3. The monoisotopic (exact) mass is 289 g/mol. The molecule has 0 atom stereocenters. The van der Waals surface area contributed by atoms with E-state index in [0.29, 0.717) is 0 Å². The lowest BCUT2D eigenvalue weighted by molar-refractivity contribution is 0.141. The molecule has 0 aliphatic carbocycles. The number of likely N-dealkylation sites (tertiary alicyclic amines) is 1. The van der Waals surface area contributed by atoms with Crippen molar-refractivity contribution in [2.75, 3.05) is 31.1 Å². The summed E-state index contributed by atoms with van der Waals surface area (Å²) in [6, 6.07) is 5.01. The summed E-state index contributed by atoms with van der Waals surface area (Å²) in [6.45, 7) is 11.2. The Kier molecular flexibility index (Phi) is 6.50. The van der Waals surface area contributed by atoms with Crippen LogP contribution in [-0.2, 0) is 0 Å². The maximum absolute atomic E-state index is 4.55. The zero-order valence-electron chi connectivity index (χ0n) is 14.0. The van der Waals surface area contributed by atoms with Crippen LogP contribution < -0.4 is 4.90 Å². The Balaban J connectivity index is 0.000000774. The van der Waals surface area contributed by atoms with Crippen molar-refractivity contribution in [2.45, 2.75) is 58.9 Å². The first-order valence-corrected chi connectivity index (χ1v) is 8.75. The molecule has 3 nitrogen and oxygen atoms in total.